The molecule has 0 bridgehead atoms. The van der Waals surface area contributed by atoms with Crippen LogP contribution >= 0.6 is 0 Å². The molecule has 0 aliphatic rings. The molecule has 0 saturated carbocycles. The summed E-state index contributed by atoms with van der Waals surface area (Å²) in [6.45, 7) is 1.95. The number of nitrogens with zero attached hydrogens (tertiary/aromatic N) is 2. The second kappa shape index (κ2) is 2.31. The highest BCUT2D eigenvalue weighted by molar-refractivity contribution is 5.82. The molecule has 0 unspecified atom stereocenters. The Hall–Kier alpha value is -1.44. The van der Waals surface area contributed by atoms with Gasteiger partial charge in [0.1, 0.15) is 6.20 Å². The summed E-state index contributed by atoms with van der Waals surface area (Å²) in [6, 6.07) is 7.97. The predicted molar refractivity (Wildman–Crippen MR) is 43.1 cm³/mol. The van der Waals surface area contributed by atoms with Crippen molar-refractivity contribution in [2.24, 2.45) is 0 Å². The van der Waals surface area contributed by atoms with Gasteiger partial charge in [0.05, 0.1) is 5.69 Å². The Morgan fingerprint density at radius 3 is 2.91 bits per heavy atom. The molecule has 2 heteroatoms. The quantitative estimate of drug-likeness (QED) is 0.561. The highest BCUT2D eigenvalue weighted by Crippen LogP contribution is 2.12. The van der Waals surface area contributed by atoms with Crippen LogP contribution in [0.1, 0.15) is 5.69 Å². The number of fused-ring (bicyclic) bond motifs is 1. The van der Waals surface area contributed by atoms with Gasteiger partial charge in [-0.15, -0.1) is 5.10 Å². The van der Waals surface area contributed by atoms with Crippen molar-refractivity contribution < 1.29 is 0 Å². The SMILES string of the molecule is Cc1nn[c]c2ccccc12. The lowest BCUT2D eigenvalue weighted by molar-refractivity contribution is 0.996. The Bertz CT molecular complexity index is 377. The van der Waals surface area contributed by atoms with Crippen molar-refractivity contribution in [3.8, 4) is 0 Å². The molecule has 1 radical (unpaired) electrons. The number of aromatic nitrogens is 2. The van der Waals surface area contributed by atoms with Crippen molar-refractivity contribution in [2.45, 2.75) is 6.92 Å². The molecule has 0 N–H and O–H groups in total. The second-order valence-electron chi connectivity index (χ2n) is 2.44. The molecule has 0 atom stereocenters. The monoisotopic (exact) mass is 143 g/mol. The molecular formula is C9H7N2. The zero-order valence-corrected chi connectivity index (χ0v) is 6.20. The number of hydrogen-bond donors (Lipinski definition) is 0. The van der Waals surface area contributed by atoms with Gasteiger partial charge in [0.15, 0.2) is 0 Å². The van der Waals surface area contributed by atoms with Gasteiger partial charge in [-0.3, -0.25) is 0 Å². The highest BCUT2D eigenvalue weighted by Gasteiger charge is 1.95. The first-order valence-corrected chi connectivity index (χ1v) is 3.47. The average Bonchev–Trinajstić information content (AvgIpc) is 2.06. The fraction of sp³-hybridized carbons (Fsp3) is 0.111. The van der Waals surface area contributed by atoms with E-state index in [0.29, 0.717) is 0 Å². The summed E-state index contributed by atoms with van der Waals surface area (Å²) < 4.78 is 0. The van der Waals surface area contributed by atoms with Crippen LogP contribution in [0.4, 0.5) is 0 Å². The van der Waals surface area contributed by atoms with Crippen LogP contribution in [0.2, 0.25) is 0 Å². The van der Waals surface area contributed by atoms with E-state index in [-0.39, 0.29) is 0 Å². The molecular weight excluding hydrogens is 136 g/mol. The summed E-state index contributed by atoms with van der Waals surface area (Å²) in [7, 11) is 0. The summed E-state index contributed by atoms with van der Waals surface area (Å²) >= 11 is 0. The second-order valence-corrected chi connectivity index (χ2v) is 2.44. The van der Waals surface area contributed by atoms with Crippen molar-refractivity contribution in [1.29, 1.82) is 0 Å². The van der Waals surface area contributed by atoms with Crippen LogP contribution in [-0.2, 0) is 0 Å². The number of rotatable bonds is 0. The Morgan fingerprint density at radius 1 is 1.27 bits per heavy atom. The Labute approximate surface area is 64.9 Å². The normalized spacial score (nSPS) is 10.3. The standard InChI is InChI=1S/C9H7N2/c1-7-9-5-3-2-4-8(9)6-10-11-7/h2-5H,1H3. The Morgan fingerprint density at radius 2 is 2.09 bits per heavy atom. The first kappa shape index (κ1) is 6.28. The van der Waals surface area contributed by atoms with E-state index in [1.165, 1.54) is 0 Å². The van der Waals surface area contributed by atoms with Gasteiger partial charge in [-0.05, 0) is 6.92 Å². The fourth-order valence-electron chi connectivity index (χ4n) is 1.10. The van der Waals surface area contributed by atoms with E-state index >= 15 is 0 Å². The zero-order chi connectivity index (χ0) is 7.68. The third-order valence-electron chi connectivity index (χ3n) is 1.69. The molecule has 2 rings (SSSR count). The largest absolute Gasteiger partial charge is 0.155 e. The summed E-state index contributed by atoms with van der Waals surface area (Å²) in [4.78, 5) is 0. The summed E-state index contributed by atoms with van der Waals surface area (Å²) in [6.07, 6.45) is 2.83. The van der Waals surface area contributed by atoms with Gasteiger partial charge in [0.2, 0.25) is 0 Å². The number of benzene rings is 1. The van der Waals surface area contributed by atoms with Crippen molar-refractivity contribution in [3.05, 3.63) is 36.2 Å². The van der Waals surface area contributed by atoms with Crippen LogP contribution in [0.5, 0.6) is 0 Å². The molecule has 0 aliphatic carbocycles. The molecule has 0 aliphatic heterocycles. The van der Waals surface area contributed by atoms with Crippen LogP contribution in [0, 0.1) is 13.1 Å². The minimum absolute atomic E-state index is 0.958. The van der Waals surface area contributed by atoms with Crippen molar-refractivity contribution in [3.63, 3.8) is 0 Å². The first-order chi connectivity index (χ1) is 5.38. The average molecular weight is 143 g/mol. The fourth-order valence-corrected chi connectivity index (χ4v) is 1.10. The summed E-state index contributed by atoms with van der Waals surface area (Å²) in [5.74, 6) is 0. The minimum atomic E-state index is 0.958. The third-order valence-corrected chi connectivity index (χ3v) is 1.69. The number of hydrogen-bond acceptors (Lipinski definition) is 2. The van der Waals surface area contributed by atoms with Crippen molar-refractivity contribution >= 4 is 10.8 Å². The van der Waals surface area contributed by atoms with E-state index in [4.69, 9.17) is 0 Å². The van der Waals surface area contributed by atoms with Gasteiger partial charge in [0, 0.05) is 10.8 Å². The highest BCUT2D eigenvalue weighted by atomic mass is 15.1. The van der Waals surface area contributed by atoms with Gasteiger partial charge in [0.25, 0.3) is 0 Å². The maximum atomic E-state index is 3.90. The van der Waals surface area contributed by atoms with Gasteiger partial charge in [-0.2, -0.15) is 5.10 Å². The van der Waals surface area contributed by atoms with Crippen LogP contribution < -0.4 is 0 Å². The van der Waals surface area contributed by atoms with E-state index < -0.39 is 0 Å². The van der Waals surface area contributed by atoms with Gasteiger partial charge in [-0.1, -0.05) is 24.3 Å². The maximum absolute atomic E-state index is 3.90. The van der Waals surface area contributed by atoms with Crippen molar-refractivity contribution in [1.82, 2.24) is 10.2 Å². The van der Waals surface area contributed by atoms with Crippen molar-refractivity contribution in [2.75, 3.05) is 0 Å². The van der Waals surface area contributed by atoms with E-state index in [1.807, 2.05) is 31.2 Å². The molecule has 1 aromatic heterocycles. The van der Waals surface area contributed by atoms with E-state index in [0.717, 1.165) is 16.5 Å². The van der Waals surface area contributed by atoms with Gasteiger partial charge < -0.3 is 0 Å². The van der Waals surface area contributed by atoms with Gasteiger partial charge >= 0.3 is 0 Å². The minimum Gasteiger partial charge on any atom is -0.155 e. The summed E-state index contributed by atoms with van der Waals surface area (Å²) in [5.41, 5.74) is 0.958. The zero-order valence-electron chi connectivity index (χ0n) is 6.20. The van der Waals surface area contributed by atoms with Crippen LogP contribution in [0.15, 0.2) is 24.3 Å². The molecule has 0 amide bonds. The van der Waals surface area contributed by atoms with Crippen LogP contribution in [0.25, 0.3) is 10.8 Å². The molecule has 2 nitrogen and oxygen atoms in total. The Kier molecular flexibility index (Phi) is 1.32. The van der Waals surface area contributed by atoms with Crippen LogP contribution in [0.3, 0.4) is 0 Å². The maximum Gasteiger partial charge on any atom is 0.122 e. The lowest BCUT2D eigenvalue weighted by Crippen LogP contribution is -1.86. The lowest BCUT2D eigenvalue weighted by Gasteiger charge is -1.96. The first-order valence-electron chi connectivity index (χ1n) is 3.47. The molecule has 0 spiro atoms. The van der Waals surface area contributed by atoms with E-state index in [2.05, 4.69) is 16.4 Å². The third kappa shape index (κ3) is 0.963. The molecule has 2 aromatic rings. The molecule has 0 fully saturated rings. The van der Waals surface area contributed by atoms with Crippen LogP contribution in [-0.4, -0.2) is 10.2 Å². The number of aryl methyl sites for hydroxylation is 1. The molecule has 1 heterocycles. The molecule has 53 valence electrons. The Balaban J connectivity index is 2.91. The summed E-state index contributed by atoms with van der Waals surface area (Å²) in [5, 5.41) is 9.79. The predicted octanol–water partition coefficient (Wildman–Crippen LogP) is 1.74. The van der Waals surface area contributed by atoms with Gasteiger partial charge in [-0.25, -0.2) is 0 Å². The lowest BCUT2D eigenvalue weighted by atomic mass is 10.1. The smallest absolute Gasteiger partial charge is 0.122 e. The van der Waals surface area contributed by atoms with E-state index in [1.54, 1.807) is 0 Å². The molecule has 0 saturated heterocycles. The molecule has 11 heavy (non-hydrogen) atoms. The topological polar surface area (TPSA) is 25.8 Å². The molecule has 1 aromatic carbocycles. The van der Waals surface area contributed by atoms with E-state index in [9.17, 15) is 0 Å².